The summed E-state index contributed by atoms with van der Waals surface area (Å²) < 4.78 is 8.40. The third kappa shape index (κ3) is 5.07. The summed E-state index contributed by atoms with van der Waals surface area (Å²) in [6.07, 6.45) is 8.81. The van der Waals surface area contributed by atoms with Crippen molar-refractivity contribution in [3.05, 3.63) is 23.9 Å². The van der Waals surface area contributed by atoms with Crippen LogP contribution in [0.1, 0.15) is 39.0 Å². The van der Waals surface area contributed by atoms with Gasteiger partial charge in [-0.05, 0) is 25.8 Å². The number of ether oxygens (including phenoxy) is 1. The lowest BCUT2D eigenvalue weighted by Crippen LogP contribution is -2.31. The van der Waals surface area contributed by atoms with E-state index >= 15 is 0 Å². The first kappa shape index (κ1) is 15.8. The van der Waals surface area contributed by atoms with Crippen LogP contribution in [0.15, 0.2) is 28.4 Å². The van der Waals surface area contributed by atoms with Crippen LogP contribution in [0.5, 0.6) is 0 Å². The highest BCUT2D eigenvalue weighted by Gasteiger charge is 2.18. The molecule has 19 heavy (non-hydrogen) atoms. The van der Waals surface area contributed by atoms with Crippen LogP contribution in [-0.4, -0.2) is 24.8 Å². The first-order valence-corrected chi connectivity index (χ1v) is 7.01. The van der Waals surface area contributed by atoms with Crippen LogP contribution in [0.3, 0.4) is 0 Å². The predicted molar refractivity (Wildman–Crippen MR) is 78.2 cm³/mol. The Balaban J connectivity index is 2.87. The van der Waals surface area contributed by atoms with Gasteiger partial charge in [-0.25, -0.2) is 4.79 Å². The van der Waals surface area contributed by atoms with Crippen molar-refractivity contribution in [2.75, 3.05) is 6.61 Å². The molecule has 0 atom stereocenters. The Morgan fingerprint density at radius 1 is 1.47 bits per heavy atom. The number of halogens is 1. The molecule has 1 rings (SSSR count). The Kier molecular flexibility index (Phi) is 7.26. The zero-order chi connectivity index (χ0) is 14.1. The molecule has 1 saturated carbocycles. The van der Waals surface area contributed by atoms with Gasteiger partial charge >= 0.3 is 5.97 Å². The number of hydrogen-bond donors (Lipinski definition) is 1. The molecular formula is C14H21ClN2O2. The van der Waals surface area contributed by atoms with Gasteiger partial charge in [0.1, 0.15) is 5.57 Å². The molecule has 0 aliphatic heterocycles. The van der Waals surface area contributed by atoms with Crippen molar-refractivity contribution in [3.8, 4) is 0 Å². The Morgan fingerprint density at radius 3 is 2.68 bits per heavy atom. The number of nitrogens with zero attached hydrogens (tertiary/aromatic N) is 1. The summed E-state index contributed by atoms with van der Waals surface area (Å²) >= 11 is 5.35. The summed E-state index contributed by atoms with van der Waals surface area (Å²) in [5, 5.41) is 3.34. The molecule has 1 fully saturated rings. The van der Waals surface area contributed by atoms with Gasteiger partial charge in [-0.3, -0.25) is 0 Å². The fourth-order valence-corrected chi connectivity index (χ4v) is 2.30. The molecule has 1 aliphatic rings. The zero-order valence-electron chi connectivity index (χ0n) is 11.3. The second-order valence-electron chi connectivity index (χ2n) is 4.46. The summed E-state index contributed by atoms with van der Waals surface area (Å²) in [6, 6.07) is 0.370. The van der Waals surface area contributed by atoms with Crippen molar-refractivity contribution in [2.24, 2.45) is 4.51 Å². The maximum atomic E-state index is 11.9. The average Bonchev–Trinajstić information content (AvgIpc) is 2.44. The lowest BCUT2D eigenvalue weighted by molar-refractivity contribution is -0.137. The van der Waals surface area contributed by atoms with E-state index in [0.29, 0.717) is 23.9 Å². The fraction of sp³-hybridized carbons (Fsp3) is 0.571. The van der Waals surface area contributed by atoms with Gasteiger partial charge in [-0.1, -0.05) is 25.8 Å². The largest absolute Gasteiger partial charge is 0.462 e. The van der Waals surface area contributed by atoms with Crippen molar-refractivity contribution in [3.63, 3.8) is 0 Å². The van der Waals surface area contributed by atoms with Gasteiger partial charge in [-0.15, -0.1) is 0 Å². The maximum Gasteiger partial charge on any atom is 0.341 e. The highest BCUT2D eigenvalue weighted by atomic mass is 35.5. The minimum Gasteiger partial charge on any atom is -0.462 e. The monoisotopic (exact) mass is 284 g/mol. The summed E-state index contributed by atoms with van der Waals surface area (Å²) in [6.45, 7) is 5.81. The van der Waals surface area contributed by atoms with E-state index in [2.05, 4.69) is 16.4 Å². The highest BCUT2D eigenvalue weighted by molar-refractivity contribution is 6.22. The molecule has 0 unspecified atom stereocenters. The first-order chi connectivity index (χ1) is 9.22. The van der Waals surface area contributed by atoms with Crippen molar-refractivity contribution >= 4 is 24.0 Å². The lowest BCUT2D eigenvalue weighted by Gasteiger charge is -2.25. The Labute approximate surface area is 119 Å². The first-order valence-electron chi connectivity index (χ1n) is 6.67. The van der Waals surface area contributed by atoms with Crippen LogP contribution in [0.25, 0.3) is 0 Å². The van der Waals surface area contributed by atoms with E-state index < -0.39 is 5.97 Å². The molecule has 0 saturated heterocycles. The van der Waals surface area contributed by atoms with E-state index in [9.17, 15) is 4.79 Å². The van der Waals surface area contributed by atoms with Crippen LogP contribution in [0.2, 0.25) is 0 Å². The molecule has 0 amide bonds. The third-order valence-corrected chi connectivity index (χ3v) is 3.23. The number of nitrogens with one attached hydrogen (secondary N) is 1. The molecular weight excluding hydrogens is 264 g/mol. The average molecular weight is 285 g/mol. The van der Waals surface area contributed by atoms with E-state index in [1.807, 2.05) is 0 Å². The number of rotatable bonds is 6. The van der Waals surface area contributed by atoms with Gasteiger partial charge < -0.3 is 10.1 Å². The maximum absolute atomic E-state index is 11.9. The van der Waals surface area contributed by atoms with Crippen molar-refractivity contribution in [2.45, 2.75) is 45.1 Å². The van der Waals surface area contributed by atoms with Gasteiger partial charge in [0, 0.05) is 23.5 Å². The Bertz CT molecular complexity index is 372. The summed E-state index contributed by atoms with van der Waals surface area (Å²) in [7, 11) is 0. The predicted octanol–water partition coefficient (Wildman–Crippen LogP) is 3.14. The van der Waals surface area contributed by atoms with Crippen molar-refractivity contribution < 1.29 is 9.53 Å². The smallest absolute Gasteiger partial charge is 0.341 e. The molecule has 5 heteroatoms. The fourth-order valence-electron chi connectivity index (χ4n) is 2.20. The summed E-state index contributed by atoms with van der Waals surface area (Å²) in [5.74, 6) is -0.440. The minimum atomic E-state index is -0.440. The molecule has 1 N–H and O–H groups in total. The standard InChI is InChI=1S/C14H21ClN2O2/c1-3-13(17-11-8-6-5-7-9-11)12(10-16-15)14(18)19-4-2/h3,10-11,17H,1,4-9H2,2H3/b13-12-,16-10-. The van der Waals surface area contributed by atoms with Crippen molar-refractivity contribution in [1.29, 1.82) is 0 Å². The molecule has 0 spiro atoms. The number of allylic oxidation sites excluding steroid dienone is 1. The van der Waals surface area contributed by atoms with E-state index in [1.165, 1.54) is 25.5 Å². The minimum absolute atomic E-state index is 0.312. The quantitative estimate of drug-likeness (QED) is 0.353. The highest BCUT2D eigenvalue weighted by Crippen LogP contribution is 2.19. The van der Waals surface area contributed by atoms with Crippen LogP contribution in [0.4, 0.5) is 0 Å². The van der Waals surface area contributed by atoms with Crippen LogP contribution >= 0.6 is 11.8 Å². The Hall–Kier alpha value is -1.29. The third-order valence-electron chi connectivity index (χ3n) is 3.13. The number of carbonyl (C=O) groups excluding carboxylic acids is 1. The number of hydrogen-bond acceptors (Lipinski definition) is 4. The van der Waals surface area contributed by atoms with E-state index in [1.54, 1.807) is 13.0 Å². The molecule has 0 radical (unpaired) electrons. The van der Waals surface area contributed by atoms with Crippen LogP contribution in [-0.2, 0) is 9.53 Å². The molecule has 0 aromatic carbocycles. The van der Waals surface area contributed by atoms with Gasteiger partial charge in [0.2, 0.25) is 0 Å². The van der Waals surface area contributed by atoms with Gasteiger partial charge in [0.15, 0.2) is 0 Å². The summed E-state index contributed by atoms with van der Waals surface area (Å²) in [5.41, 5.74) is 0.951. The molecule has 1 aliphatic carbocycles. The second-order valence-corrected chi connectivity index (χ2v) is 4.65. The molecule has 0 aromatic rings. The van der Waals surface area contributed by atoms with Gasteiger partial charge in [0.05, 0.1) is 12.8 Å². The molecule has 0 bridgehead atoms. The van der Waals surface area contributed by atoms with E-state index in [-0.39, 0.29) is 0 Å². The Morgan fingerprint density at radius 2 is 2.16 bits per heavy atom. The van der Waals surface area contributed by atoms with E-state index in [0.717, 1.165) is 12.8 Å². The van der Waals surface area contributed by atoms with E-state index in [4.69, 9.17) is 16.5 Å². The number of carbonyl (C=O) groups is 1. The molecule has 4 nitrogen and oxygen atoms in total. The van der Waals surface area contributed by atoms with Crippen LogP contribution in [0, 0.1) is 0 Å². The topological polar surface area (TPSA) is 50.7 Å². The molecule has 106 valence electrons. The number of esters is 1. The van der Waals surface area contributed by atoms with Gasteiger partial charge in [0.25, 0.3) is 0 Å². The summed E-state index contributed by atoms with van der Waals surface area (Å²) in [4.78, 5) is 11.9. The lowest BCUT2D eigenvalue weighted by atomic mass is 9.95. The van der Waals surface area contributed by atoms with Crippen molar-refractivity contribution in [1.82, 2.24) is 5.32 Å². The van der Waals surface area contributed by atoms with Crippen LogP contribution < -0.4 is 5.32 Å². The SMILES string of the molecule is C=C/C(NC1CCCCC1)=C(\C=N/Cl)C(=O)OCC. The molecule has 0 aromatic heterocycles. The van der Waals surface area contributed by atoms with Gasteiger partial charge in [-0.2, -0.15) is 4.51 Å². The zero-order valence-corrected chi connectivity index (χ0v) is 12.1. The second kappa shape index (κ2) is 8.75. The molecule has 0 heterocycles. The normalized spacial score (nSPS) is 18.0.